The first kappa shape index (κ1) is 7.32. The number of aliphatic imine (C=N–C) groups is 1. The molecule has 1 heterocycles. The minimum atomic E-state index is 0.875. The molecule has 2 heteroatoms. The summed E-state index contributed by atoms with van der Waals surface area (Å²) in [6.07, 6.45) is 7.43. The van der Waals surface area contributed by atoms with E-state index in [0.717, 1.165) is 31.7 Å². The second kappa shape index (κ2) is 4.09. The second-order valence-corrected chi connectivity index (χ2v) is 2.28. The Bertz CT molecular complexity index is 149. The largest absolute Gasteiger partial charge is 0.484 e. The number of rotatable bonds is 0. The highest BCUT2D eigenvalue weighted by molar-refractivity contribution is 5.76. The van der Waals surface area contributed by atoms with Gasteiger partial charge in [0.05, 0.1) is 7.11 Å². The predicted molar refractivity (Wildman–Crippen MR) is 42.3 cm³/mol. The highest BCUT2D eigenvalue weighted by Gasteiger charge is 1.97. The fourth-order valence-corrected chi connectivity index (χ4v) is 0.952. The minimum absolute atomic E-state index is 0.875. The molecule has 0 unspecified atom stereocenters. The number of allylic oxidation sites excluding steroid dienone is 1. The summed E-state index contributed by atoms with van der Waals surface area (Å²) in [5, 5.41) is 0. The van der Waals surface area contributed by atoms with E-state index in [4.69, 9.17) is 4.74 Å². The zero-order valence-corrected chi connectivity index (χ0v) is 6.34. The van der Waals surface area contributed by atoms with Gasteiger partial charge in [-0.2, -0.15) is 0 Å². The lowest BCUT2D eigenvalue weighted by atomic mass is 10.2. The Balaban J connectivity index is 2.41. The molecule has 0 bridgehead atoms. The molecule has 0 saturated carbocycles. The zero-order chi connectivity index (χ0) is 7.23. The summed E-state index contributed by atoms with van der Waals surface area (Å²) in [6, 6.07) is 0. The summed E-state index contributed by atoms with van der Waals surface area (Å²) in [5.74, 6) is 0.893. The molecule has 0 aliphatic carbocycles. The van der Waals surface area contributed by atoms with Crippen LogP contribution in [0.4, 0.5) is 0 Å². The molecule has 0 aromatic rings. The summed E-state index contributed by atoms with van der Waals surface area (Å²) >= 11 is 0. The Morgan fingerprint density at radius 1 is 1.40 bits per heavy atom. The first-order chi connectivity index (χ1) is 4.93. The molecule has 2 nitrogen and oxygen atoms in total. The molecule has 10 heavy (non-hydrogen) atoms. The van der Waals surface area contributed by atoms with Gasteiger partial charge in [0.25, 0.3) is 0 Å². The maximum absolute atomic E-state index is 5.04. The maximum Gasteiger partial charge on any atom is 0.183 e. The highest BCUT2D eigenvalue weighted by Crippen LogP contribution is 2.01. The summed E-state index contributed by atoms with van der Waals surface area (Å²) in [7, 11) is 1.68. The Labute approximate surface area is 61.6 Å². The molecular weight excluding hydrogens is 126 g/mol. The summed E-state index contributed by atoms with van der Waals surface area (Å²) in [4.78, 5) is 4.24. The van der Waals surface area contributed by atoms with E-state index in [-0.39, 0.29) is 0 Å². The third kappa shape index (κ3) is 2.21. The minimum Gasteiger partial charge on any atom is -0.484 e. The van der Waals surface area contributed by atoms with Crippen LogP contribution in [0, 0.1) is 0 Å². The summed E-state index contributed by atoms with van der Waals surface area (Å²) in [5.41, 5.74) is 0. The molecule has 0 aromatic heterocycles. The molecule has 0 atom stereocenters. The average molecular weight is 139 g/mol. The molecule has 1 rings (SSSR count). The quantitative estimate of drug-likeness (QED) is 0.469. The molecule has 0 fully saturated rings. The first-order valence-corrected chi connectivity index (χ1v) is 3.66. The van der Waals surface area contributed by atoms with Crippen LogP contribution in [-0.4, -0.2) is 19.6 Å². The fourth-order valence-electron chi connectivity index (χ4n) is 0.952. The van der Waals surface area contributed by atoms with Crippen molar-refractivity contribution in [3.05, 3.63) is 12.2 Å². The van der Waals surface area contributed by atoms with Gasteiger partial charge in [0, 0.05) is 13.0 Å². The second-order valence-electron chi connectivity index (χ2n) is 2.28. The normalized spacial score (nSPS) is 22.3. The van der Waals surface area contributed by atoms with Gasteiger partial charge < -0.3 is 4.74 Å². The number of hydrogen-bond donors (Lipinski definition) is 0. The van der Waals surface area contributed by atoms with Crippen molar-refractivity contribution in [2.24, 2.45) is 4.99 Å². The molecule has 0 aromatic carbocycles. The van der Waals surface area contributed by atoms with Crippen LogP contribution in [0.3, 0.4) is 0 Å². The van der Waals surface area contributed by atoms with Crippen molar-refractivity contribution in [1.82, 2.24) is 0 Å². The van der Waals surface area contributed by atoms with Crippen molar-refractivity contribution < 1.29 is 4.74 Å². The Kier molecular flexibility index (Phi) is 3.00. The van der Waals surface area contributed by atoms with Crippen LogP contribution in [0.25, 0.3) is 0 Å². The Hall–Kier alpha value is -0.790. The third-order valence-corrected chi connectivity index (χ3v) is 1.51. The fraction of sp³-hybridized carbons (Fsp3) is 0.625. The van der Waals surface area contributed by atoms with Crippen molar-refractivity contribution in [1.29, 1.82) is 0 Å². The van der Waals surface area contributed by atoms with Gasteiger partial charge in [0.15, 0.2) is 5.90 Å². The first-order valence-electron chi connectivity index (χ1n) is 3.66. The standard InChI is InChI=1S/C8H13NO/c1-10-8-6-4-2-3-5-7-9-8/h2-3H,4-7H2,1H3/b3-2-,9-8?. The van der Waals surface area contributed by atoms with Gasteiger partial charge in [-0.25, -0.2) is 0 Å². The molecule has 0 spiro atoms. The predicted octanol–water partition coefficient (Wildman–Crippen LogP) is 1.77. The topological polar surface area (TPSA) is 21.6 Å². The van der Waals surface area contributed by atoms with Crippen LogP contribution in [-0.2, 0) is 4.74 Å². The SMILES string of the molecule is COC1=NCC/C=C\CC1. The van der Waals surface area contributed by atoms with Crippen LogP contribution >= 0.6 is 0 Å². The van der Waals surface area contributed by atoms with Crippen LogP contribution in [0.2, 0.25) is 0 Å². The van der Waals surface area contributed by atoms with E-state index >= 15 is 0 Å². The lowest BCUT2D eigenvalue weighted by Gasteiger charge is -2.04. The van der Waals surface area contributed by atoms with E-state index in [0.29, 0.717) is 0 Å². The van der Waals surface area contributed by atoms with E-state index in [1.165, 1.54) is 0 Å². The third-order valence-electron chi connectivity index (χ3n) is 1.51. The van der Waals surface area contributed by atoms with Crippen molar-refractivity contribution in [3.8, 4) is 0 Å². The number of ether oxygens (including phenoxy) is 1. The highest BCUT2D eigenvalue weighted by atomic mass is 16.5. The molecular formula is C8H13NO. The molecule has 56 valence electrons. The van der Waals surface area contributed by atoms with Crippen molar-refractivity contribution in [2.45, 2.75) is 19.3 Å². The lowest BCUT2D eigenvalue weighted by Crippen LogP contribution is -2.02. The van der Waals surface area contributed by atoms with Gasteiger partial charge in [-0.3, -0.25) is 4.99 Å². The smallest absolute Gasteiger partial charge is 0.183 e. The Morgan fingerprint density at radius 3 is 3.00 bits per heavy atom. The van der Waals surface area contributed by atoms with E-state index in [1.807, 2.05) is 0 Å². The van der Waals surface area contributed by atoms with Gasteiger partial charge in [-0.1, -0.05) is 12.2 Å². The van der Waals surface area contributed by atoms with Gasteiger partial charge in [-0.05, 0) is 12.8 Å². The van der Waals surface area contributed by atoms with Gasteiger partial charge >= 0.3 is 0 Å². The average Bonchev–Trinajstić information content (AvgIpc) is 1.87. The van der Waals surface area contributed by atoms with Crippen LogP contribution in [0.5, 0.6) is 0 Å². The summed E-state index contributed by atoms with van der Waals surface area (Å²) < 4.78 is 5.04. The van der Waals surface area contributed by atoms with Gasteiger partial charge in [-0.15, -0.1) is 0 Å². The molecule has 1 aliphatic rings. The van der Waals surface area contributed by atoms with Crippen molar-refractivity contribution >= 4 is 5.90 Å². The van der Waals surface area contributed by atoms with E-state index < -0.39 is 0 Å². The van der Waals surface area contributed by atoms with E-state index in [2.05, 4.69) is 17.1 Å². The molecule has 0 N–H and O–H groups in total. The summed E-state index contributed by atoms with van der Waals surface area (Å²) in [6.45, 7) is 0.875. The molecule has 0 saturated heterocycles. The lowest BCUT2D eigenvalue weighted by molar-refractivity contribution is 0.387. The zero-order valence-electron chi connectivity index (χ0n) is 6.34. The van der Waals surface area contributed by atoms with Crippen molar-refractivity contribution in [2.75, 3.05) is 13.7 Å². The van der Waals surface area contributed by atoms with E-state index in [1.54, 1.807) is 7.11 Å². The monoisotopic (exact) mass is 139 g/mol. The van der Waals surface area contributed by atoms with Gasteiger partial charge in [0.2, 0.25) is 0 Å². The van der Waals surface area contributed by atoms with Crippen molar-refractivity contribution in [3.63, 3.8) is 0 Å². The maximum atomic E-state index is 5.04. The molecule has 1 aliphatic heterocycles. The molecule has 0 radical (unpaired) electrons. The van der Waals surface area contributed by atoms with E-state index in [9.17, 15) is 0 Å². The number of methoxy groups -OCH3 is 1. The molecule has 0 amide bonds. The van der Waals surface area contributed by atoms with Crippen LogP contribution in [0.15, 0.2) is 17.1 Å². The van der Waals surface area contributed by atoms with Crippen LogP contribution in [0.1, 0.15) is 19.3 Å². The number of nitrogens with zero attached hydrogens (tertiary/aromatic N) is 1. The van der Waals surface area contributed by atoms with Crippen LogP contribution < -0.4 is 0 Å². The number of hydrogen-bond acceptors (Lipinski definition) is 2. The van der Waals surface area contributed by atoms with Gasteiger partial charge in [0.1, 0.15) is 0 Å². The Morgan fingerprint density at radius 2 is 2.20 bits per heavy atom.